The van der Waals surface area contributed by atoms with Gasteiger partial charge in [-0.05, 0) is 49.5 Å². The number of benzene rings is 1. The van der Waals surface area contributed by atoms with E-state index in [1.165, 1.54) is 23.3 Å². The zero-order valence-corrected chi connectivity index (χ0v) is 10.4. The third-order valence-corrected chi connectivity index (χ3v) is 3.04. The largest absolute Gasteiger partial charge is 0.463 e. The topological polar surface area (TPSA) is 43.4 Å². The number of allylic oxidation sites excluding steroid dienone is 1. The van der Waals surface area contributed by atoms with E-state index in [-0.39, 0.29) is 5.78 Å². The van der Waals surface area contributed by atoms with Gasteiger partial charge in [0.15, 0.2) is 5.78 Å². The molecule has 18 heavy (non-hydrogen) atoms. The molecule has 3 heteroatoms. The van der Waals surface area contributed by atoms with Crippen LogP contribution in [0.25, 0.3) is 0 Å². The van der Waals surface area contributed by atoms with Gasteiger partial charge in [-0.1, -0.05) is 12.1 Å². The van der Waals surface area contributed by atoms with Gasteiger partial charge in [0, 0.05) is 11.6 Å². The lowest BCUT2D eigenvalue weighted by molar-refractivity contribution is -0.137. The van der Waals surface area contributed by atoms with Crippen LogP contribution in [0.15, 0.2) is 30.4 Å². The van der Waals surface area contributed by atoms with Crippen LogP contribution in [0.3, 0.4) is 0 Å². The van der Waals surface area contributed by atoms with Gasteiger partial charge in [-0.3, -0.25) is 4.79 Å². The number of esters is 1. The average molecular weight is 244 g/mol. The first-order valence-corrected chi connectivity index (χ1v) is 6.21. The van der Waals surface area contributed by atoms with Crippen molar-refractivity contribution in [1.82, 2.24) is 0 Å². The number of carbonyl (C=O) groups is 2. The summed E-state index contributed by atoms with van der Waals surface area (Å²) in [6.07, 6.45) is 5.75. The van der Waals surface area contributed by atoms with Gasteiger partial charge < -0.3 is 4.74 Å². The molecule has 0 spiro atoms. The molecule has 0 atom stereocenters. The lowest BCUT2D eigenvalue weighted by atomic mass is 10.0. The Morgan fingerprint density at radius 1 is 1.22 bits per heavy atom. The molecule has 0 unspecified atom stereocenters. The molecular weight excluding hydrogens is 228 g/mol. The van der Waals surface area contributed by atoms with Gasteiger partial charge in [0.05, 0.1) is 6.61 Å². The van der Waals surface area contributed by atoms with Gasteiger partial charge in [-0.2, -0.15) is 0 Å². The van der Waals surface area contributed by atoms with E-state index >= 15 is 0 Å². The first kappa shape index (κ1) is 12.6. The second-order valence-corrected chi connectivity index (χ2v) is 4.29. The fourth-order valence-corrected chi connectivity index (χ4v) is 2.16. The van der Waals surface area contributed by atoms with Gasteiger partial charge in [0.25, 0.3) is 0 Å². The molecule has 1 aliphatic carbocycles. The Balaban J connectivity index is 2.07. The van der Waals surface area contributed by atoms with Crippen molar-refractivity contribution >= 4 is 11.8 Å². The van der Waals surface area contributed by atoms with E-state index in [0.717, 1.165) is 19.3 Å². The highest BCUT2D eigenvalue weighted by atomic mass is 16.5. The van der Waals surface area contributed by atoms with Crippen LogP contribution in [-0.2, 0) is 22.4 Å². The summed E-state index contributed by atoms with van der Waals surface area (Å²) in [6.45, 7) is 2.05. The predicted molar refractivity (Wildman–Crippen MR) is 68.6 cm³/mol. The number of fused-ring (bicyclic) bond motifs is 1. The molecule has 0 aromatic heterocycles. The van der Waals surface area contributed by atoms with Crippen LogP contribution in [0, 0.1) is 0 Å². The molecule has 2 rings (SSSR count). The summed E-state index contributed by atoms with van der Waals surface area (Å²) < 4.78 is 4.72. The molecule has 0 heterocycles. The summed E-state index contributed by atoms with van der Waals surface area (Å²) in [5.74, 6) is -0.634. The molecular formula is C15H16O3. The molecule has 0 saturated heterocycles. The van der Waals surface area contributed by atoms with E-state index < -0.39 is 5.97 Å². The van der Waals surface area contributed by atoms with E-state index in [0.29, 0.717) is 12.2 Å². The number of ether oxygens (including phenoxy) is 1. The highest BCUT2D eigenvalue weighted by molar-refractivity contribution is 6.07. The minimum absolute atomic E-state index is 0.155. The van der Waals surface area contributed by atoms with Crippen molar-refractivity contribution in [1.29, 1.82) is 0 Å². The number of hydrogen-bond donors (Lipinski definition) is 0. The summed E-state index contributed by atoms with van der Waals surface area (Å²) in [4.78, 5) is 23.0. The van der Waals surface area contributed by atoms with Crippen LogP contribution in [0.5, 0.6) is 0 Å². The summed E-state index contributed by atoms with van der Waals surface area (Å²) in [6, 6.07) is 5.76. The highest BCUT2D eigenvalue weighted by Gasteiger charge is 2.12. The van der Waals surface area contributed by atoms with Crippen molar-refractivity contribution < 1.29 is 14.3 Å². The maximum Gasteiger partial charge on any atom is 0.330 e. The Morgan fingerprint density at radius 3 is 2.78 bits per heavy atom. The smallest absolute Gasteiger partial charge is 0.330 e. The molecule has 0 aliphatic heterocycles. The average Bonchev–Trinajstić information content (AvgIpc) is 2.83. The summed E-state index contributed by atoms with van der Waals surface area (Å²) in [7, 11) is 0. The minimum atomic E-state index is -0.480. The van der Waals surface area contributed by atoms with E-state index in [9.17, 15) is 9.59 Å². The summed E-state index contributed by atoms with van der Waals surface area (Å²) in [5.41, 5.74) is 3.22. The van der Waals surface area contributed by atoms with Crippen molar-refractivity contribution in [3.05, 3.63) is 47.0 Å². The Hall–Kier alpha value is -1.90. The maximum atomic E-state index is 11.9. The second kappa shape index (κ2) is 5.63. The van der Waals surface area contributed by atoms with Gasteiger partial charge in [0.1, 0.15) is 0 Å². The van der Waals surface area contributed by atoms with Crippen molar-refractivity contribution in [2.45, 2.75) is 26.2 Å². The van der Waals surface area contributed by atoms with E-state index in [1.54, 1.807) is 6.92 Å². The van der Waals surface area contributed by atoms with Crippen molar-refractivity contribution in [2.24, 2.45) is 0 Å². The van der Waals surface area contributed by atoms with Crippen LogP contribution in [-0.4, -0.2) is 18.4 Å². The Labute approximate surface area is 106 Å². The number of carbonyl (C=O) groups excluding carboxylic acids is 2. The second-order valence-electron chi connectivity index (χ2n) is 4.29. The van der Waals surface area contributed by atoms with Crippen LogP contribution in [0.2, 0.25) is 0 Å². The third kappa shape index (κ3) is 2.86. The molecule has 94 valence electrons. The molecule has 0 saturated carbocycles. The van der Waals surface area contributed by atoms with Gasteiger partial charge in [-0.25, -0.2) is 4.79 Å². The molecule has 1 aliphatic rings. The minimum Gasteiger partial charge on any atom is -0.463 e. The molecule has 1 aromatic carbocycles. The molecule has 0 radical (unpaired) electrons. The first-order chi connectivity index (χ1) is 8.70. The van der Waals surface area contributed by atoms with E-state index in [1.807, 2.05) is 18.2 Å². The van der Waals surface area contributed by atoms with Gasteiger partial charge in [0.2, 0.25) is 0 Å². The number of ketones is 1. The van der Waals surface area contributed by atoms with Gasteiger partial charge >= 0.3 is 5.97 Å². The summed E-state index contributed by atoms with van der Waals surface area (Å²) >= 11 is 0. The molecule has 0 N–H and O–H groups in total. The Morgan fingerprint density at radius 2 is 2.00 bits per heavy atom. The monoisotopic (exact) mass is 244 g/mol. The third-order valence-electron chi connectivity index (χ3n) is 3.04. The molecule has 0 amide bonds. The van der Waals surface area contributed by atoms with Crippen LogP contribution in [0.4, 0.5) is 0 Å². The number of hydrogen-bond acceptors (Lipinski definition) is 3. The molecule has 0 fully saturated rings. The molecule has 3 nitrogen and oxygen atoms in total. The zero-order valence-electron chi connectivity index (χ0n) is 10.4. The van der Waals surface area contributed by atoms with Crippen LogP contribution >= 0.6 is 0 Å². The Bertz CT molecular complexity index is 500. The molecule has 1 aromatic rings. The Kier molecular flexibility index (Phi) is 3.92. The quantitative estimate of drug-likeness (QED) is 0.464. The number of aryl methyl sites for hydroxylation is 2. The lowest BCUT2D eigenvalue weighted by Gasteiger charge is -2.01. The van der Waals surface area contributed by atoms with E-state index in [4.69, 9.17) is 4.74 Å². The number of rotatable bonds is 4. The highest BCUT2D eigenvalue weighted by Crippen LogP contribution is 2.23. The molecule has 0 bridgehead atoms. The zero-order chi connectivity index (χ0) is 13.0. The standard InChI is InChI=1S/C15H16O3/c1-2-18-15(17)9-8-14(16)13-7-6-11-4-3-5-12(11)10-13/h6-10H,2-5H2,1H3/b9-8+. The lowest BCUT2D eigenvalue weighted by Crippen LogP contribution is -2.02. The van der Waals surface area contributed by atoms with Crippen molar-refractivity contribution in [2.75, 3.05) is 6.61 Å². The normalized spacial score (nSPS) is 13.6. The predicted octanol–water partition coefficient (Wildman–Crippen LogP) is 2.48. The van der Waals surface area contributed by atoms with Crippen molar-refractivity contribution in [3.63, 3.8) is 0 Å². The van der Waals surface area contributed by atoms with Gasteiger partial charge in [-0.15, -0.1) is 0 Å². The van der Waals surface area contributed by atoms with Crippen LogP contribution < -0.4 is 0 Å². The van der Waals surface area contributed by atoms with Crippen LogP contribution in [0.1, 0.15) is 34.8 Å². The fourth-order valence-electron chi connectivity index (χ4n) is 2.16. The maximum absolute atomic E-state index is 11.9. The fraction of sp³-hybridized carbons (Fsp3) is 0.333. The summed E-state index contributed by atoms with van der Waals surface area (Å²) in [5, 5.41) is 0. The van der Waals surface area contributed by atoms with Crippen molar-refractivity contribution in [3.8, 4) is 0 Å². The SMILES string of the molecule is CCOC(=O)/C=C/C(=O)c1ccc2c(c1)CCC2. The first-order valence-electron chi connectivity index (χ1n) is 6.21. The van der Waals surface area contributed by atoms with E-state index in [2.05, 4.69) is 0 Å².